The van der Waals surface area contributed by atoms with Gasteiger partial charge >= 0.3 is 0 Å². The topological polar surface area (TPSA) is 26.3 Å². The van der Waals surface area contributed by atoms with Gasteiger partial charge in [-0.25, -0.2) is 0 Å². The second kappa shape index (κ2) is 7.04. The van der Waals surface area contributed by atoms with Gasteiger partial charge in [-0.1, -0.05) is 12.1 Å². The number of methoxy groups -OCH3 is 1. The summed E-state index contributed by atoms with van der Waals surface area (Å²) in [6.45, 7) is 0. The molecule has 0 N–H and O–H groups in total. The minimum atomic E-state index is 0.208. The molecule has 1 aromatic carbocycles. The summed E-state index contributed by atoms with van der Waals surface area (Å²) < 4.78 is 6.28. The van der Waals surface area contributed by atoms with E-state index in [9.17, 15) is 4.79 Å². The van der Waals surface area contributed by atoms with Gasteiger partial charge in [-0.15, -0.1) is 23.5 Å². The first-order chi connectivity index (χ1) is 9.69. The van der Waals surface area contributed by atoms with E-state index < -0.39 is 0 Å². The standard InChI is InChI=1S/C16H18O2S2/c1-18-13-7-4-11(5-8-13)10-12-6-9-14(15(12)17)16(19-2)20-3/h4-5,7-8,10H,6,9H2,1-3H3/b12-10-. The Kier molecular flexibility index (Phi) is 5.38. The van der Waals surface area contributed by atoms with Crippen molar-refractivity contribution in [2.24, 2.45) is 0 Å². The maximum Gasteiger partial charge on any atom is 0.186 e. The smallest absolute Gasteiger partial charge is 0.186 e. The summed E-state index contributed by atoms with van der Waals surface area (Å²) >= 11 is 3.32. The lowest BCUT2D eigenvalue weighted by Gasteiger charge is -2.03. The van der Waals surface area contributed by atoms with Gasteiger partial charge in [0.15, 0.2) is 5.78 Å². The Balaban J connectivity index is 2.24. The molecular weight excluding hydrogens is 288 g/mol. The van der Waals surface area contributed by atoms with Crippen LogP contribution in [-0.2, 0) is 4.79 Å². The van der Waals surface area contributed by atoms with Crippen LogP contribution in [0.25, 0.3) is 6.08 Å². The van der Waals surface area contributed by atoms with E-state index in [-0.39, 0.29) is 5.78 Å². The van der Waals surface area contributed by atoms with Gasteiger partial charge in [0.2, 0.25) is 0 Å². The quantitative estimate of drug-likeness (QED) is 0.771. The summed E-state index contributed by atoms with van der Waals surface area (Å²) in [4.78, 5) is 12.4. The molecule has 1 aliphatic rings. The van der Waals surface area contributed by atoms with Gasteiger partial charge < -0.3 is 4.74 Å². The third kappa shape index (κ3) is 3.30. The number of hydrogen-bond donors (Lipinski definition) is 0. The van der Waals surface area contributed by atoms with Gasteiger partial charge in [0.05, 0.1) is 7.11 Å². The highest BCUT2D eigenvalue weighted by atomic mass is 32.2. The first-order valence-electron chi connectivity index (χ1n) is 6.40. The van der Waals surface area contributed by atoms with Crippen LogP contribution in [0.4, 0.5) is 0 Å². The minimum Gasteiger partial charge on any atom is -0.497 e. The van der Waals surface area contributed by atoms with Crippen LogP contribution >= 0.6 is 23.5 Å². The fraction of sp³-hybridized carbons (Fsp3) is 0.312. The van der Waals surface area contributed by atoms with Gasteiger partial charge in [-0.2, -0.15) is 0 Å². The first kappa shape index (κ1) is 15.3. The summed E-state index contributed by atoms with van der Waals surface area (Å²) in [5.41, 5.74) is 2.93. The summed E-state index contributed by atoms with van der Waals surface area (Å²) in [6, 6.07) is 7.78. The Morgan fingerprint density at radius 1 is 1.15 bits per heavy atom. The predicted molar refractivity (Wildman–Crippen MR) is 89.3 cm³/mol. The zero-order chi connectivity index (χ0) is 14.5. The molecule has 0 heterocycles. The van der Waals surface area contributed by atoms with Crippen molar-refractivity contribution in [2.75, 3.05) is 19.6 Å². The highest BCUT2D eigenvalue weighted by molar-refractivity contribution is 8.21. The molecule has 1 aromatic rings. The van der Waals surface area contributed by atoms with E-state index in [2.05, 4.69) is 0 Å². The number of benzene rings is 1. The summed E-state index contributed by atoms with van der Waals surface area (Å²) in [6.07, 6.45) is 7.74. The van der Waals surface area contributed by atoms with E-state index in [1.807, 2.05) is 42.9 Å². The molecule has 0 spiro atoms. The molecule has 20 heavy (non-hydrogen) atoms. The number of thioether (sulfide) groups is 2. The zero-order valence-electron chi connectivity index (χ0n) is 11.9. The summed E-state index contributed by atoms with van der Waals surface area (Å²) in [7, 11) is 1.65. The summed E-state index contributed by atoms with van der Waals surface area (Å²) in [5, 5.41) is 0. The number of carbonyl (C=O) groups excluding carboxylic acids is 1. The Bertz CT molecular complexity index is 550. The fourth-order valence-corrected chi connectivity index (χ4v) is 3.79. The Hall–Kier alpha value is -1.13. The monoisotopic (exact) mass is 306 g/mol. The zero-order valence-corrected chi connectivity index (χ0v) is 13.6. The molecule has 1 aliphatic carbocycles. The van der Waals surface area contributed by atoms with Gasteiger partial charge in [-0.05, 0) is 49.1 Å². The number of rotatable bonds is 4. The molecule has 1 saturated carbocycles. The van der Waals surface area contributed by atoms with E-state index >= 15 is 0 Å². The number of ketones is 1. The molecule has 0 bridgehead atoms. The maximum atomic E-state index is 12.4. The lowest BCUT2D eigenvalue weighted by molar-refractivity contribution is -0.111. The molecule has 2 rings (SSSR count). The van der Waals surface area contributed by atoms with Gasteiger partial charge in [0, 0.05) is 15.4 Å². The SMILES string of the molecule is COc1ccc(/C=C2/CCC(=C(SC)SC)C2=O)cc1. The number of Topliss-reactive ketones (excluding diaryl/α,β-unsaturated/α-hetero) is 1. The van der Waals surface area contributed by atoms with Gasteiger partial charge in [-0.3, -0.25) is 4.79 Å². The highest BCUT2D eigenvalue weighted by Crippen LogP contribution is 2.37. The average molecular weight is 306 g/mol. The first-order valence-corrected chi connectivity index (χ1v) is 8.85. The molecular formula is C16H18O2S2. The average Bonchev–Trinajstić information content (AvgIpc) is 2.83. The lowest BCUT2D eigenvalue weighted by atomic mass is 10.1. The molecule has 0 atom stereocenters. The van der Waals surface area contributed by atoms with Crippen LogP contribution < -0.4 is 4.74 Å². The molecule has 0 saturated heterocycles. The number of ether oxygens (including phenoxy) is 1. The molecule has 2 nitrogen and oxygen atoms in total. The normalized spacial score (nSPS) is 16.9. The maximum absolute atomic E-state index is 12.4. The van der Waals surface area contributed by atoms with E-state index in [1.54, 1.807) is 30.6 Å². The van der Waals surface area contributed by atoms with Crippen molar-refractivity contribution in [3.8, 4) is 5.75 Å². The van der Waals surface area contributed by atoms with Crippen molar-refractivity contribution in [2.45, 2.75) is 12.8 Å². The van der Waals surface area contributed by atoms with Gasteiger partial charge in [0.1, 0.15) is 5.75 Å². The van der Waals surface area contributed by atoms with Crippen LogP contribution in [-0.4, -0.2) is 25.4 Å². The number of hydrogen-bond acceptors (Lipinski definition) is 4. The second-order valence-corrected chi connectivity index (χ2v) is 6.34. The molecule has 106 valence electrons. The van der Waals surface area contributed by atoms with Crippen LogP contribution in [0.1, 0.15) is 18.4 Å². The number of carbonyl (C=O) groups is 1. The van der Waals surface area contributed by atoms with E-state index in [4.69, 9.17) is 4.74 Å². The lowest BCUT2D eigenvalue weighted by Crippen LogP contribution is -1.97. The largest absolute Gasteiger partial charge is 0.497 e. The van der Waals surface area contributed by atoms with Crippen molar-refractivity contribution in [1.29, 1.82) is 0 Å². The fourth-order valence-electron chi connectivity index (χ4n) is 2.24. The predicted octanol–water partition coefficient (Wildman–Crippen LogP) is 4.38. The summed E-state index contributed by atoms with van der Waals surface area (Å²) in [5.74, 6) is 1.04. The van der Waals surface area contributed by atoms with Crippen LogP contribution in [0, 0.1) is 0 Å². The van der Waals surface area contributed by atoms with Crippen LogP contribution in [0.3, 0.4) is 0 Å². The molecule has 0 aromatic heterocycles. The van der Waals surface area contributed by atoms with Crippen molar-refractivity contribution in [3.63, 3.8) is 0 Å². The van der Waals surface area contributed by atoms with Crippen molar-refractivity contribution >= 4 is 35.4 Å². The van der Waals surface area contributed by atoms with E-state index in [0.29, 0.717) is 0 Å². The Labute approximate surface area is 128 Å². The van der Waals surface area contributed by atoms with E-state index in [1.165, 1.54) is 0 Å². The molecule has 4 heteroatoms. The van der Waals surface area contributed by atoms with E-state index in [0.717, 1.165) is 39.5 Å². The molecule has 0 amide bonds. The third-order valence-corrected chi connectivity index (χ3v) is 5.52. The van der Waals surface area contributed by atoms with Crippen molar-refractivity contribution < 1.29 is 9.53 Å². The Morgan fingerprint density at radius 2 is 1.80 bits per heavy atom. The third-order valence-electron chi connectivity index (χ3n) is 3.28. The molecule has 0 unspecified atom stereocenters. The van der Waals surface area contributed by atoms with Crippen LogP contribution in [0.2, 0.25) is 0 Å². The van der Waals surface area contributed by atoms with Crippen LogP contribution in [0.15, 0.2) is 39.6 Å². The molecule has 1 fully saturated rings. The molecule has 0 radical (unpaired) electrons. The Morgan fingerprint density at radius 3 is 2.35 bits per heavy atom. The van der Waals surface area contributed by atoms with Gasteiger partial charge in [0.25, 0.3) is 0 Å². The van der Waals surface area contributed by atoms with Crippen LogP contribution in [0.5, 0.6) is 5.75 Å². The number of allylic oxidation sites excluding steroid dienone is 2. The highest BCUT2D eigenvalue weighted by Gasteiger charge is 2.25. The second-order valence-electron chi connectivity index (χ2n) is 4.45. The van der Waals surface area contributed by atoms with Crippen molar-refractivity contribution in [3.05, 3.63) is 45.2 Å². The van der Waals surface area contributed by atoms with Crippen molar-refractivity contribution in [1.82, 2.24) is 0 Å². The molecule has 0 aliphatic heterocycles. The minimum absolute atomic E-state index is 0.208.